The Bertz CT molecular complexity index is 698. The number of rotatable bonds is 5. The number of phenols is 1. The number of carbonyl (C=O) groups excluding carboxylic acids is 2. The first kappa shape index (κ1) is 15.7. The lowest BCUT2D eigenvalue weighted by Gasteiger charge is -2.17. The molecule has 0 radical (unpaired) electrons. The summed E-state index contributed by atoms with van der Waals surface area (Å²) in [4.78, 5) is 29.3. The van der Waals surface area contributed by atoms with Gasteiger partial charge >= 0.3 is 0 Å². The maximum absolute atomic E-state index is 12.4. The Morgan fingerprint density at radius 2 is 2.27 bits per heavy atom. The zero-order valence-corrected chi connectivity index (χ0v) is 12.8. The van der Waals surface area contributed by atoms with Crippen LogP contribution in [0.5, 0.6) is 5.75 Å². The summed E-state index contributed by atoms with van der Waals surface area (Å²) >= 11 is 1.45. The lowest BCUT2D eigenvalue weighted by molar-refractivity contribution is -0.111. The number of benzene rings is 1. The van der Waals surface area contributed by atoms with E-state index < -0.39 is 0 Å². The van der Waals surface area contributed by atoms with Crippen LogP contribution >= 0.6 is 11.3 Å². The maximum atomic E-state index is 12.4. The van der Waals surface area contributed by atoms with E-state index in [-0.39, 0.29) is 23.1 Å². The largest absolute Gasteiger partial charge is 0.507 e. The Balaban J connectivity index is 2.18. The predicted molar refractivity (Wildman–Crippen MR) is 84.8 cm³/mol. The molecule has 2 amide bonds. The van der Waals surface area contributed by atoms with Crippen LogP contribution in [0.15, 0.2) is 41.7 Å². The fourth-order valence-corrected chi connectivity index (χ4v) is 2.36. The van der Waals surface area contributed by atoms with Crippen molar-refractivity contribution in [2.75, 3.05) is 12.4 Å². The number of nitrogens with zero attached hydrogens (tertiary/aromatic N) is 2. The van der Waals surface area contributed by atoms with Crippen molar-refractivity contribution < 1.29 is 14.7 Å². The van der Waals surface area contributed by atoms with Crippen molar-refractivity contribution in [1.82, 2.24) is 9.88 Å². The minimum atomic E-state index is -0.389. The normalized spacial score (nSPS) is 10.0. The number of thiazole rings is 1. The molecule has 1 heterocycles. The standard InChI is InChI=1S/C15H15N3O3S/c1-3-14(20)17-10-4-5-13(19)12(6-10)15(21)18(2)7-11-8-22-9-16-11/h3-6,8-9,19H,1,7H2,2H3,(H,17,20). The number of hydrogen-bond donors (Lipinski definition) is 2. The third-order valence-electron chi connectivity index (χ3n) is 2.91. The van der Waals surface area contributed by atoms with E-state index in [1.165, 1.54) is 34.4 Å². The lowest BCUT2D eigenvalue weighted by Crippen LogP contribution is -2.26. The predicted octanol–water partition coefficient (Wildman–Crippen LogP) is 2.25. The summed E-state index contributed by atoms with van der Waals surface area (Å²) in [5, 5.41) is 14.3. The molecule has 7 heteroatoms. The monoisotopic (exact) mass is 317 g/mol. The Morgan fingerprint density at radius 1 is 1.50 bits per heavy atom. The van der Waals surface area contributed by atoms with Crippen molar-refractivity contribution in [3.63, 3.8) is 0 Å². The molecule has 0 atom stereocenters. The summed E-state index contributed by atoms with van der Waals surface area (Å²) in [7, 11) is 1.62. The highest BCUT2D eigenvalue weighted by Crippen LogP contribution is 2.23. The van der Waals surface area contributed by atoms with Crippen LogP contribution in [0.3, 0.4) is 0 Å². The number of hydrogen-bond acceptors (Lipinski definition) is 5. The van der Waals surface area contributed by atoms with Crippen LogP contribution in [0.4, 0.5) is 5.69 Å². The van der Waals surface area contributed by atoms with Gasteiger partial charge in [0.1, 0.15) is 5.75 Å². The van der Waals surface area contributed by atoms with Crippen LogP contribution < -0.4 is 5.32 Å². The van der Waals surface area contributed by atoms with Gasteiger partial charge in [-0.1, -0.05) is 6.58 Å². The van der Waals surface area contributed by atoms with Crippen LogP contribution in [-0.2, 0) is 11.3 Å². The molecule has 0 saturated carbocycles. The number of anilines is 1. The summed E-state index contributed by atoms with van der Waals surface area (Å²) in [5.74, 6) is -0.896. The van der Waals surface area contributed by atoms with Gasteiger partial charge in [-0.15, -0.1) is 11.3 Å². The summed E-state index contributed by atoms with van der Waals surface area (Å²) in [5.41, 5.74) is 2.99. The van der Waals surface area contributed by atoms with Gasteiger partial charge in [-0.2, -0.15) is 0 Å². The van der Waals surface area contributed by atoms with E-state index in [0.717, 1.165) is 11.8 Å². The highest BCUT2D eigenvalue weighted by molar-refractivity contribution is 7.07. The molecular formula is C15H15N3O3S. The summed E-state index contributed by atoms with van der Waals surface area (Å²) in [6.07, 6.45) is 1.13. The van der Waals surface area contributed by atoms with Crippen molar-refractivity contribution in [1.29, 1.82) is 0 Å². The first-order valence-corrected chi connectivity index (χ1v) is 7.34. The summed E-state index contributed by atoms with van der Waals surface area (Å²) in [6, 6.07) is 4.30. The molecule has 0 saturated heterocycles. The summed E-state index contributed by atoms with van der Waals surface area (Å²) < 4.78 is 0. The summed E-state index contributed by atoms with van der Waals surface area (Å²) in [6.45, 7) is 3.70. The molecule has 6 nitrogen and oxygen atoms in total. The number of amides is 2. The molecule has 0 aliphatic rings. The lowest BCUT2D eigenvalue weighted by atomic mass is 10.1. The number of aromatic hydroxyl groups is 1. The second kappa shape index (κ2) is 6.86. The highest BCUT2D eigenvalue weighted by Gasteiger charge is 2.17. The molecular weight excluding hydrogens is 302 g/mol. The molecule has 0 spiro atoms. The van der Waals surface area contributed by atoms with E-state index in [1.807, 2.05) is 5.38 Å². The number of nitrogens with one attached hydrogen (secondary N) is 1. The van der Waals surface area contributed by atoms with Gasteiger partial charge < -0.3 is 15.3 Å². The Morgan fingerprint density at radius 3 is 2.91 bits per heavy atom. The maximum Gasteiger partial charge on any atom is 0.257 e. The second-order valence-electron chi connectivity index (χ2n) is 4.57. The topological polar surface area (TPSA) is 82.5 Å². The molecule has 1 aromatic heterocycles. The third-order valence-corrected chi connectivity index (χ3v) is 3.54. The molecule has 0 unspecified atom stereocenters. The fourth-order valence-electron chi connectivity index (χ4n) is 1.81. The van der Waals surface area contributed by atoms with Gasteiger partial charge in [0.05, 0.1) is 23.3 Å². The molecule has 0 aliphatic carbocycles. The van der Waals surface area contributed by atoms with E-state index >= 15 is 0 Å². The molecule has 2 N–H and O–H groups in total. The first-order chi connectivity index (χ1) is 10.5. The highest BCUT2D eigenvalue weighted by atomic mass is 32.1. The van der Waals surface area contributed by atoms with E-state index in [0.29, 0.717) is 12.2 Å². The van der Waals surface area contributed by atoms with Crippen LogP contribution in [0.25, 0.3) is 0 Å². The van der Waals surface area contributed by atoms with Crippen LogP contribution in [0.2, 0.25) is 0 Å². The van der Waals surface area contributed by atoms with Crippen molar-refractivity contribution in [3.05, 3.63) is 53.0 Å². The smallest absolute Gasteiger partial charge is 0.257 e. The average Bonchev–Trinajstić information content (AvgIpc) is 3.01. The molecule has 2 aromatic rings. The van der Waals surface area contributed by atoms with E-state index in [4.69, 9.17) is 0 Å². The fraction of sp³-hybridized carbons (Fsp3) is 0.133. The molecule has 2 rings (SSSR count). The Hall–Kier alpha value is -2.67. The zero-order valence-electron chi connectivity index (χ0n) is 11.9. The van der Waals surface area contributed by atoms with Crippen LogP contribution in [0, 0.1) is 0 Å². The minimum Gasteiger partial charge on any atom is -0.507 e. The first-order valence-electron chi connectivity index (χ1n) is 6.40. The van der Waals surface area contributed by atoms with Crippen molar-refractivity contribution in [2.24, 2.45) is 0 Å². The second-order valence-corrected chi connectivity index (χ2v) is 5.28. The average molecular weight is 317 g/mol. The van der Waals surface area contributed by atoms with E-state index in [9.17, 15) is 14.7 Å². The Kier molecular flexibility index (Phi) is 4.90. The van der Waals surface area contributed by atoms with E-state index in [1.54, 1.807) is 12.6 Å². The number of carbonyl (C=O) groups is 2. The van der Waals surface area contributed by atoms with Gasteiger partial charge in [0.2, 0.25) is 5.91 Å². The minimum absolute atomic E-state index is 0.111. The zero-order chi connectivity index (χ0) is 16.1. The molecule has 114 valence electrons. The van der Waals surface area contributed by atoms with Crippen molar-refractivity contribution in [2.45, 2.75) is 6.54 Å². The van der Waals surface area contributed by atoms with Gasteiger partial charge in [0, 0.05) is 18.1 Å². The number of aromatic nitrogens is 1. The van der Waals surface area contributed by atoms with Gasteiger partial charge in [-0.25, -0.2) is 4.98 Å². The molecule has 0 bridgehead atoms. The molecule has 0 aliphatic heterocycles. The molecule has 22 heavy (non-hydrogen) atoms. The third kappa shape index (κ3) is 3.70. The SMILES string of the molecule is C=CC(=O)Nc1ccc(O)c(C(=O)N(C)Cc2cscn2)c1. The molecule has 1 aromatic carbocycles. The van der Waals surface area contributed by atoms with Crippen LogP contribution in [0.1, 0.15) is 16.1 Å². The van der Waals surface area contributed by atoms with Crippen molar-refractivity contribution >= 4 is 28.8 Å². The molecule has 0 fully saturated rings. The van der Waals surface area contributed by atoms with Crippen LogP contribution in [-0.4, -0.2) is 33.9 Å². The van der Waals surface area contributed by atoms with Gasteiger partial charge in [0.15, 0.2) is 0 Å². The van der Waals surface area contributed by atoms with Gasteiger partial charge in [-0.3, -0.25) is 9.59 Å². The van der Waals surface area contributed by atoms with Gasteiger partial charge in [0.25, 0.3) is 5.91 Å². The Labute approximate surface area is 131 Å². The van der Waals surface area contributed by atoms with E-state index in [2.05, 4.69) is 16.9 Å². The number of phenolic OH excluding ortho intramolecular Hbond substituents is 1. The van der Waals surface area contributed by atoms with Gasteiger partial charge in [-0.05, 0) is 24.3 Å². The quantitative estimate of drug-likeness (QED) is 0.654. The van der Waals surface area contributed by atoms with Crippen molar-refractivity contribution in [3.8, 4) is 5.75 Å².